The molecule has 0 bridgehead atoms. The molecule has 0 aliphatic heterocycles. The predicted octanol–water partition coefficient (Wildman–Crippen LogP) is 1.15. The molecular formula is C6H11NO2. The first-order chi connectivity index (χ1) is 5.43. The molecule has 0 radical (unpaired) electrons. The van der Waals surface area contributed by atoms with E-state index in [0.29, 0.717) is 17.7 Å². The molecule has 1 amide bonds. The van der Waals surface area contributed by atoms with Crippen molar-refractivity contribution in [3.05, 3.63) is 0 Å². The molecule has 0 unspecified atom stereocenters. The van der Waals surface area contributed by atoms with Crippen LogP contribution in [-0.4, -0.2) is 29.1 Å². The molecule has 0 heterocycles. The van der Waals surface area contributed by atoms with Crippen LogP contribution in [0.4, 0.5) is 4.79 Å². The summed E-state index contributed by atoms with van der Waals surface area (Å²) >= 11 is 0. The van der Waals surface area contributed by atoms with E-state index in [1.165, 1.54) is 0 Å². The van der Waals surface area contributed by atoms with Gasteiger partial charge in [0.25, 0.3) is 0 Å². The quantitative estimate of drug-likeness (QED) is 0.581. The second-order valence-corrected chi connectivity index (χ2v) is 2.24. The van der Waals surface area contributed by atoms with Crippen LogP contribution in [0.2, 0.25) is 0 Å². The standard InChI is InChI=1S/C6H11NO2/c1-7(6(8)9)5-3-2-4-5/h5H,2-4H2,1H3,(H,8,9)/i1D3. The van der Waals surface area contributed by atoms with Gasteiger partial charge >= 0.3 is 6.09 Å². The molecule has 3 nitrogen and oxygen atoms in total. The molecule has 1 rings (SSSR count). The van der Waals surface area contributed by atoms with Crippen LogP contribution in [-0.2, 0) is 0 Å². The van der Waals surface area contributed by atoms with Crippen molar-refractivity contribution in [1.29, 1.82) is 0 Å². The van der Waals surface area contributed by atoms with Gasteiger partial charge in [-0.1, -0.05) is 0 Å². The third-order valence-corrected chi connectivity index (χ3v) is 1.65. The summed E-state index contributed by atoms with van der Waals surface area (Å²) in [5.41, 5.74) is 0. The van der Waals surface area contributed by atoms with Gasteiger partial charge in [-0.15, -0.1) is 0 Å². The zero-order valence-electron chi connectivity index (χ0n) is 8.00. The van der Waals surface area contributed by atoms with Gasteiger partial charge in [-0.25, -0.2) is 4.79 Å². The Morgan fingerprint density at radius 3 is 2.67 bits per heavy atom. The number of hydrogen-bond acceptors (Lipinski definition) is 1. The summed E-state index contributed by atoms with van der Waals surface area (Å²) in [6.07, 6.45) is 0.916. The first-order valence-electron chi connectivity index (χ1n) is 4.45. The Kier molecular flexibility index (Phi) is 0.860. The molecule has 0 aromatic heterocycles. The van der Waals surface area contributed by atoms with Crippen LogP contribution in [0.25, 0.3) is 0 Å². The van der Waals surface area contributed by atoms with Gasteiger partial charge < -0.3 is 10.0 Å². The van der Waals surface area contributed by atoms with Gasteiger partial charge in [-0.05, 0) is 19.3 Å². The fourth-order valence-corrected chi connectivity index (χ4v) is 0.801. The molecule has 9 heavy (non-hydrogen) atoms. The first-order valence-corrected chi connectivity index (χ1v) is 2.95. The lowest BCUT2D eigenvalue weighted by molar-refractivity contribution is 0.114. The zero-order valence-corrected chi connectivity index (χ0v) is 5.00. The molecule has 0 aromatic carbocycles. The normalized spacial score (nSPS) is 25.1. The number of rotatable bonds is 1. The third kappa shape index (κ3) is 1.15. The van der Waals surface area contributed by atoms with E-state index < -0.39 is 13.1 Å². The number of carboxylic acid groups (broad SMARTS) is 1. The molecule has 3 heteroatoms. The smallest absolute Gasteiger partial charge is 0.407 e. The topological polar surface area (TPSA) is 40.5 Å². The molecule has 0 atom stereocenters. The van der Waals surface area contributed by atoms with Crippen LogP contribution in [0.15, 0.2) is 0 Å². The average Bonchev–Trinajstić information content (AvgIpc) is 1.73. The first kappa shape index (κ1) is 3.44. The highest BCUT2D eigenvalue weighted by molar-refractivity contribution is 5.65. The van der Waals surface area contributed by atoms with Crippen molar-refractivity contribution in [3.8, 4) is 0 Å². The summed E-state index contributed by atoms with van der Waals surface area (Å²) in [7, 11) is 0. The number of nitrogens with zero attached hydrogens (tertiary/aromatic N) is 1. The Balaban J connectivity index is 2.67. The minimum Gasteiger partial charge on any atom is -0.465 e. The Morgan fingerprint density at radius 1 is 1.89 bits per heavy atom. The van der Waals surface area contributed by atoms with Gasteiger partial charge in [0.2, 0.25) is 0 Å². The third-order valence-electron chi connectivity index (χ3n) is 1.65. The van der Waals surface area contributed by atoms with Crippen LogP contribution in [0.5, 0.6) is 0 Å². The van der Waals surface area contributed by atoms with E-state index in [1.54, 1.807) is 0 Å². The van der Waals surface area contributed by atoms with Crippen molar-refractivity contribution < 1.29 is 14.0 Å². The van der Waals surface area contributed by atoms with Crippen LogP contribution in [0.3, 0.4) is 0 Å². The number of hydrogen-bond donors (Lipinski definition) is 1. The summed E-state index contributed by atoms with van der Waals surface area (Å²) in [5, 5.41) is 8.61. The highest BCUT2D eigenvalue weighted by atomic mass is 16.4. The van der Waals surface area contributed by atoms with Gasteiger partial charge in [0, 0.05) is 17.1 Å². The van der Waals surface area contributed by atoms with E-state index in [2.05, 4.69) is 0 Å². The Bertz CT molecular complexity index is 188. The highest BCUT2D eigenvalue weighted by Gasteiger charge is 2.24. The maximum Gasteiger partial charge on any atom is 0.407 e. The van der Waals surface area contributed by atoms with Crippen molar-refractivity contribution in [2.45, 2.75) is 25.3 Å². The average molecular weight is 132 g/mol. The monoisotopic (exact) mass is 132 g/mol. The molecular weight excluding hydrogens is 118 g/mol. The SMILES string of the molecule is [2H]C([2H])([2H])N(C(=O)O)C1CCC1. The fraction of sp³-hybridized carbons (Fsp3) is 0.833. The lowest BCUT2D eigenvalue weighted by Gasteiger charge is -2.32. The second kappa shape index (κ2) is 2.25. The molecule has 52 valence electrons. The lowest BCUT2D eigenvalue weighted by Crippen LogP contribution is -2.40. The number of amides is 1. The van der Waals surface area contributed by atoms with E-state index in [0.717, 1.165) is 6.42 Å². The zero-order chi connectivity index (χ0) is 9.35. The molecule has 1 aliphatic carbocycles. The maximum absolute atomic E-state index is 10.5. The van der Waals surface area contributed by atoms with Crippen LogP contribution >= 0.6 is 0 Å². The van der Waals surface area contributed by atoms with E-state index in [9.17, 15) is 4.79 Å². The molecule has 1 N–H and O–H groups in total. The van der Waals surface area contributed by atoms with Gasteiger partial charge in [0.05, 0.1) is 0 Å². The van der Waals surface area contributed by atoms with Crippen LogP contribution in [0, 0.1) is 0 Å². The highest BCUT2D eigenvalue weighted by Crippen LogP contribution is 2.23. The minimum atomic E-state index is -2.50. The van der Waals surface area contributed by atoms with Gasteiger partial charge in [-0.2, -0.15) is 0 Å². The maximum atomic E-state index is 10.5. The molecule has 0 spiro atoms. The number of carbonyl (C=O) groups is 1. The van der Waals surface area contributed by atoms with Gasteiger partial charge in [0.1, 0.15) is 0 Å². The lowest BCUT2D eigenvalue weighted by atomic mass is 9.92. The van der Waals surface area contributed by atoms with Crippen molar-refractivity contribution in [3.63, 3.8) is 0 Å². The molecule has 0 aromatic rings. The van der Waals surface area contributed by atoms with Gasteiger partial charge in [0.15, 0.2) is 0 Å². The summed E-state index contributed by atoms with van der Waals surface area (Å²) in [6.45, 7) is -2.50. The second-order valence-electron chi connectivity index (χ2n) is 2.24. The molecule has 0 saturated heterocycles. The van der Waals surface area contributed by atoms with Crippen molar-refractivity contribution in [2.75, 3.05) is 6.98 Å². The van der Waals surface area contributed by atoms with Crippen molar-refractivity contribution in [1.82, 2.24) is 4.90 Å². The summed E-state index contributed by atoms with van der Waals surface area (Å²) in [4.78, 5) is 11.1. The molecule has 1 saturated carbocycles. The van der Waals surface area contributed by atoms with E-state index >= 15 is 0 Å². The predicted molar refractivity (Wildman–Crippen MR) is 33.4 cm³/mol. The Hall–Kier alpha value is -0.730. The summed E-state index contributed by atoms with van der Waals surface area (Å²) in [6, 6.07) is -0.296. The fourth-order valence-electron chi connectivity index (χ4n) is 0.801. The molecule has 1 aliphatic rings. The van der Waals surface area contributed by atoms with Gasteiger partial charge in [-0.3, -0.25) is 0 Å². The Morgan fingerprint density at radius 2 is 2.56 bits per heavy atom. The summed E-state index contributed by atoms with van der Waals surface area (Å²) in [5.74, 6) is 0. The van der Waals surface area contributed by atoms with Crippen LogP contribution < -0.4 is 0 Å². The van der Waals surface area contributed by atoms with E-state index in [4.69, 9.17) is 9.22 Å². The molecule has 1 fully saturated rings. The minimum absolute atomic E-state index is 0.296. The summed E-state index contributed by atoms with van der Waals surface area (Å²) < 4.78 is 20.9. The largest absolute Gasteiger partial charge is 0.465 e. The van der Waals surface area contributed by atoms with Crippen LogP contribution in [0.1, 0.15) is 23.4 Å². The van der Waals surface area contributed by atoms with Crippen molar-refractivity contribution >= 4 is 6.09 Å². The van der Waals surface area contributed by atoms with Crippen molar-refractivity contribution in [2.24, 2.45) is 0 Å². The van der Waals surface area contributed by atoms with E-state index in [-0.39, 0.29) is 6.04 Å². The Labute approximate surface area is 58.5 Å². The van der Waals surface area contributed by atoms with E-state index in [1.807, 2.05) is 0 Å².